The van der Waals surface area contributed by atoms with E-state index in [2.05, 4.69) is 4.90 Å². The van der Waals surface area contributed by atoms with Crippen molar-refractivity contribution in [3.63, 3.8) is 0 Å². The van der Waals surface area contributed by atoms with Crippen molar-refractivity contribution in [2.75, 3.05) is 32.7 Å². The summed E-state index contributed by atoms with van der Waals surface area (Å²) in [5.74, 6) is 0.767. The smallest absolute Gasteiger partial charge is 0.282 e. The molecule has 1 aromatic rings. The van der Waals surface area contributed by atoms with Crippen molar-refractivity contribution < 1.29 is 12.8 Å². The van der Waals surface area contributed by atoms with Crippen molar-refractivity contribution >= 4 is 10.2 Å². The Kier molecular flexibility index (Phi) is 4.21. The van der Waals surface area contributed by atoms with Gasteiger partial charge in [-0.3, -0.25) is 4.90 Å². The molecule has 7 heteroatoms. The van der Waals surface area contributed by atoms with Crippen LogP contribution in [-0.2, 0) is 10.2 Å². The zero-order chi connectivity index (χ0) is 15.9. The lowest BCUT2D eigenvalue weighted by atomic mass is 10.2. The van der Waals surface area contributed by atoms with Gasteiger partial charge in [-0.05, 0) is 57.3 Å². The Morgan fingerprint density at radius 3 is 2.70 bits per heavy atom. The molecule has 128 valence electrons. The lowest BCUT2D eigenvalue weighted by molar-refractivity contribution is 0.249. The van der Waals surface area contributed by atoms with Crippen LogP contribution in [-0.4, -0.2) is 60.7 Å². The van der Waals surface area contributed by atoms with Gasteiger partial charge in [-0.1, -0.05) is 0 Å². The van der Waals surface area contributed by atoms with E-state index in [0.717, 1.165) is 44.5 Å². The quantitative estimate of drug-likeness (QED) is 0.843. The molecule has 0 spiro atoms. The summed E-state index contributed by atoms with van der Waals surface area (Å²) in [7, 11) is -3.42. The SMILES string of the molecule is O=S(=O)(N1CCCN2CCC[C@@H]2C1)N1CCC[C@H]1c1ccco1. The molecule has 2 atom stereocenters. The van der Waals surface area contributed by atoms with Gasteiger partial charge < -0.3 is 4.42 Å². The molecule has 0 bridgehead atoms. The molecule has 3 aliphatic heterocycles. The molecule has 6 nitrogen and oxygen atoms in total. The lowest BCUT2D eigenvalue weighted by Crippen LogP contribution is -2.46. The first-order chi connectivity index (χ1) is 11.2. The molecule has 0 aromatic carbocycles. The van der Waals surface area contributed by atoms with Crippen LogP contribution in [0.2, 0.25) is 0 Å². The van der Waals surface area contributed by atoms with Gasteiger partial charge in [-0.25, -0.2) is 0 Å². The zero-order valence-electron chi connectivity index (χ0n) is 13.4. The van der Waals surface area contributed by atoms with Crippen molar-refractivity contribution in [2.45, 2.75) is 44.2 Å². The highest BCUT2D eigenvalue weighted by Crippen LogP contribution is 2.36. The second-order valence-electron chi connectivity index (χ2n) is 6.84. The number of furan rings is 1. The number of nitrogens with zero attached hydrogens (tertiary/aromatic N) is 3. The standard InChI is InChI=1S/C16H25N3O3S/c20-23(21,18-10-4-9-17-8-1-5-14(17)13-18)19-11-2-6-15(19)16-7-3-12-22-16/h3,7,12,14-15H,1-2,4-6,8-11,13H2/t14-,15+/m1/s1. The van der Waals surface area contributed by atoms with Crippen molar-refractivity contribution in [3.8, 4) is 0 Å². The van der Waals surface area contributed by atoms with Crippen LogP contribution in [0, 0.1) is 0 Å². The van der Waals surface area contributed by atoms with Gasteiger partial charge in [-0.15, -0.1) is 0 Å². The van der Waals surface area contributed by atoms with Crippen LogP contribution in [0.4, 0.5) is 0 Å². The average Bonchev–Trinajstić information content (AvgIpc) is 3.25. The van der Waals surface area contributed by atoms with Crippen LogP contribution in [0.1, 0.15) is 43.9 Å². The van der Waals surface area contributed by atoms with E-state index in [1.165, 1.54) is 6.42 Å². The maximum atomic E-state index is 13.2. The topological polar surface area (TPSA) is 57.0 Å². The molecule has 0 amide bonds. The van der Waals surface area contributed by atoms with E-state index in [9.17, 15) is 8.42 Å². The molecule has 0 unspecified atom stereocenters. The molecule has 0 radical (unpaired) electrons. The summed E-state index contributed by atoms with van der Waals surface area (Å²) in [6, 6.07) is 3.98. The first-order valence-corrected chi connectivity index (χ1v) is 10.1. The van der Waals surface area contributed by atoms with Crippen molar-refractivity contribution in [2.24, 2.45) is 0 Å². The minimum atomic E-state index is -3.42. The molecule has 23 heavy (non-hydrogen) atoms. The Morgan fingerprint density at radius 1 is 1.04 bits per heavy atom. The van der Waals surface area contributed by atoms with E-state index in [4.69, 9.17) is 4.42 Å². The third kappa shape index (κ3) is 2.84. The van der Waals surface area contributed by atoms with E-state index >= 15 is 0 Å². The monoisotopic (exact) mass is 339 g/mol. The first-order valence-electron chi connectivity index (χ1n) is 8.70. The maximum absolute atomic E-state index is 13.2. The molecular weight excluding hydrogens is 314 g/mol. The maximum Gasteiger partial charge on any atom is 0.282 e. The molecular formula is C16H25N3O3S. The fraction of sp³-hybridized carbons (Fsp3) is 0.750. The summed E-state index contributed by atoms with van der Waals surface area (Å²) in [5, 5.41) is 0. The predicted octanol–water partition coefficient (Wildman–Crippen LogP) is 1.83. The molecule has 4 heterocycles. The van der Waals surface area contributed by atoms with Gasteiger partial charge >= 0.3 is 0 Å². The third-order valence-electron chi connectivity index (χ3n) is 5.46. The fourth-order valence-corrected chi connectivity index (χ4v) is 6.22. The van der Waals surface area contributed by atoms with Crippen molar-refractivity contribution in [3.05, 3.63) is 24.2 Å². The highest BCUT2D eigenvalue weighted by Gasteiger charge is 2.42. The molecule has 1 aromatic heterocycles. The Hall–Kier alpha value is -0.890. The summed E-state index contributed by atoms with van der Waals surface area (Å²) in [5.41, 5.74) is 0. The normalized spacial score (nSPS) is 31.3. The molecule has 4 rings (SSSR count). The number of hydrogen-bond acceptors (Lipinski definition) is 4. The highest BCUT2D eigenvalue weighted by molar-refractivity contribution is 7.86. The predicted molar refractivity (Wildman–Crippen MR) is 87.1 cm³/mol. The lowest BCUT2D eigenvalue weighted by Gasteiger charge is -2.31. The van der Waals surface area contributed by atoms with E-state index in [1.807, 2.05) is 12.1 Å². The molecule has 0 saturated carbocycles. The first kappa shape index (κ1) is 15.6. The van der Waals surface area contributed by atoms with Gasteiger partial charge in [0.1, 0.15) is 5.76 Å². The minimum Gasteiger partial charge on any atom is -0.468 e. The van der Waals surface area contributed by atoms with Gasteiger partial charge in [0.15, 0.2) is 0 Å². The number of fused-ring (bicyclic) bond motifs is 1. The zero-order valence-corrected chi connectivity index (χ0v) is 14.2. The van der Waals surface area contributed by atoms with Crippen LogP contribution in [0.15, 0.2) is 22.8 Å². The average molecular weight is 339 g/mol. The van der Waals surface area contributed by atoms with E-state index in [-0.39, 0.29) is 6.04 Å². The summed E-state index contributed by atoms with van der Waals surface area (Å²) >= 11 is 0. The van der Waals surface area contributed by atoms with Crippen molar-refractivity contribution in [1.29, 1.82) is 0 Å². The second kappa shape index (κ2) is 6.20. The van der Waals surface area contributed by atoms with Gasteiger partial charge in [0.05, 0.1) is 12.3 Å². The Balaban J connectivity index is 1.56. The van der Waals surface area contributed by atoms with Crippen LogP contribution in [0.5, 0.6) is 0 Å². The number of rotatable bonds is 3. The number of hydrogen-bond donors (Lipinski definition) is 0. The third-order valence-corrected chi connectivity index (χ3v) is 7.48. The molecule has 3 fully saturated rings. The highest BCUT2D eigenvalue weighted by atomic mass is 32.2. The van der Waals surface area contributed by atoms with Crippen LogP contribution in [0.3, 0.4) is 0 Å². The molecule has 3 aliphatic rings. The Morgan fingerprint density at radius 2 is 1.87 bits per heavy atom. The Labute approximate surface area is 138 Å². The van der Waals surface area contributed by atoms with E-state index < -0.39 is 10.2 Å². The van der Waals surface area contributed by atoms with Gasteiger partial charge in [0, 0.05) is 25.7 Å². The molecule has 0 N–H and O–H groups in total. The van der Waals surface area contributed by atoms with Crippen LogP contribution < -0.4 is 0 Å². The van der Waals surface area contributed by atoms with Gasteiger partial charge in [0.25, 0.3) is 10.2 Å². The summed E-state index contributed by atoms with van der Waals surface area (Å²) in [4.78, 5) is 2.46. The minimum absolute atomic E-state index is 0.141. The summed E-state index contributed by atoms with van der Waals surface area (Å²) in [6.45, 7) is 4.02. The van der Waals surface area contributed by atoms with Crippen molar-refractivity contribution in [1.82, 2.24) is 13.5 Å². The van der Waals surface area contributed by atoms with E-state index in [1.54, 1.807) is 14.9 Å². The van der Waals surface area contributed by atoms with Crippen LogP contribution in [0.25, 0.3) is 0 Å². The van der Waals surface area contributed by atoms with Crippen LogP contribution >= 0.6 is 0 Å². The van der Waals surface area contributed by atoms with E-state index in [0.29, 0.717) is 25.7 Å². The molecule has 0 aliphatic carbocycles. The molecule has 3 saturated heterocycles. The largest absolute Gasteiger partial charge is 0.468 e. The van der Waals surface area contributed by atoms with Gasteiger partial charge in [0.2, 0.25) is 0 Å². The van der Waals surface area contributed by atoms with Gasteiger partial charge in [-0.2, -0.15) is 17.0 Å². The fourth-order valence-electron chi connectivity index (χ4n) is 4.31. The summed E-state index contributed by atoms with van der Waals surface area (Å²) in [6.07, 6.45) is 6.60. The second-order valence-corrected chi connectivity index (χ2v) is 8.72. The Bertz CT molecular complexity index is 631. The summed E-state index contributed by atoms with van der Waals surface area (Å²) < 4.78 is 35.3.